The number of furan rings is 1. The lowest BCUT2D eigenvalue weighted by molar-refractivity contribution is -0.123. The maximum atomic E-state index is 12.7. The van der Waals surface area contributed by atoms with Gasteiger partial charge in [0.25, 0.3) is 23.6 Å². The minimum atomic E-state index is -0.879. The van der Waals surface area contributed by atoms with Crippen molar-refractivity contribution in [3.8, 4) is 0 Å². The van der Waals surface area contributed by atoms with Gasteiger partial charge in [-0.05, 0) is 35.9 Å². The molecule has 4 rings (SSSR count). The molecule has 9 nitrogen and oxygen atoms in total. The lowest BCUT2D eigenvalue weighted by atomic mass is 10.1. The second-order valence-corrected chi connectivity index (χ2v) is 6.87. The monoisotopic (exact) mass is 432 g/mol. The van der Waals surface area contributed by atoms with Crippen LogP contribution in [0.25, 0.3) is 0 Å². The Balaban J connectivity index is 1.39. The van der Waals surface area contributed by atoms with Crippen LogP contribution in [0.5, 0.6) is 0 Å². The Kier molecular flexibility index (Phi) is 5.63. The van der Waals surface area contributed by atoms with E-state index in [0.717, 1.165) is 10.5 Å². The summed E-state index contributed by atoms with van der Waals surface area (Å²) < 4.78 is 9.77. The van der Waals surface area contributed by atoms with E-state index in [1.54, 1.807) is 24.3 Å². The van der Waals surface area contributed by atoms with Crippen LogP contribution in [0, 0.1) is 0 Å². The Morgan fingerprint density at radius 3 is 2.38 bits per heavy atom. The number of amides is 4. The fourth-order valence-electron chi connectivity index (χ4n) is 3.17. The molecule has 2 aromatic carbocycles. The van der Waals surface area contributed by atoms with E-state index in [4.69, 9.17) is 9.15 Å². The predicted molar refractivity (Wildman–Crippen MR) is 109 cm³/mol. The number of hydrogen-bond donors (Lipinski definition) is 1. The molecule has 0 spiro atoms. The fraction of sp³-hybridized carbons (Fsp3) is 0.0870. The second kappa shape index (κ2) is 8.68. The summed E-state index contributed by atoms with van der Waals surface area (Å²) in [7, 11) is 0. The van der Waals surface area contributed by atoms with Gasteiger partial charge in [-0.15, -0.1) is 0 Å². The molecule has 1 aromatic heterocycles. The highest BCUT2D eigenvalue weighted by molar-refractivity contribution is 6.21. The highest BCUT2D eigenvalue weighted by atomic mass is 16.5. The molecular weight excluding hydrogens is 416 g/mol. The van der Waals surface area contributed by atoms with Crippen molar-refractivity contribution in [1.29, 1.82) is 0 Å². The minimum absolute atomic E-state index is 0.00313. The van der Waals surface area contributed by atoms with E-state index >= 15 is 0 Å². The molecule has 3 aromatic rings. The van der Waals surface area contributed by atoms with E-state index < -0.39 is 36.2 Å². The number of hydrogen-bond acceptors (Lipinski definition) is 7. The summed E-state index contributed by atoms with van der Waals surface area (Å²) in [5.41, 5.74) is 1.05. The van der Waals surface area contributed by atoms with Crippen molar-refractivity contribution in [1.82, 2.24) is 10.2 Å². The van der Waals surface area contributed by atoms with Gasteiger partial charge in [0.05, 0.1) is 29.5 Å². The third-order valence-electron chi connectivity index (χ3n) is 4.72. The lowest BCUT2D eigenvalue weighted by Crippen LogP contribution is -2.34. The molecule has 2 heterocycles. The molecule has 0 aliphatic carbocycles. The van der Waals surface area contributed by atoms with Crippen LogP contribution in [0.3, 0.4) is 0 Å². The van der Waals surface area contributed by atoms with Gasteiger partial charge in [0.2, 0.25) is 0 Å². The average molecular weight is 432 g/mol. The van der Waals surface area contributed by atoms with Crippen molar-refractivity contribution >= 4 is 29.6 Å². The van der Waals surface area contributed by atoms with Crippen molar-refractivity contribution < 1.29 is 33.1 Å². The summed E-state index contributed by atoms with van der Waals surface area (Å²) in [6.07, 6.45) is 1.28. The van der Waals surface area contributed by atoms with E-state index in [2.05, 4.69) is 0 Å². The highest BCUT2D eigenvalue weighted by Gasteiger charge is 2.36. The maximum Gasteiger partial charge on any atom is 0.338 e. The number of carbonyl (C=O) groups excluding carboxylic acids is 5. The zero-order valence-corrected chi connectivity index (χ0v) is 16.6. The quantitative estimate of drug-likeness (QED) is 0.468. The molecule has 160 valence electrons. The third-order valence-corrected chi connectivity index (χ3v) is 4.72. The number of imide groups is 2. The van der Waals surface area contributed by atoms with Crippen LogP contribution in [0.15, 0.2) is 71.3 Å². The Morgan fingerprint density at radius 1 is 0.906 bits per heavy atom. The first kappa shape index (κ1) is 20.7. The van der Waals surface area contributed by atoms with Crippen molar-refractivity contribution in [2.24, 2.45) is 0 Å². The van der Waals surface area contributed by atoms with Crippen molar-refractivity contribution in [2.45, 2.75) is 6.54 Å². The van der Waals surface area contributed by atoms with Gasteiger partial charge >= 0.3 is 5.97 Å². The number of rotatable bonds is 6. The summed E-state index contributed by atoms with van der Waals surface area (Å²) in [5.74, 6) is -3.53. The van der Waals surface area contributed by atoms with Crippen LogP contribution in [-0.2, 0) is 16.1 Å². The molecule has 0 unspecified atom stereocenters. The van der Waals surface area contributed by atoms with Crippen LogP contribution in [0.4, 0.5) is 0 Å². The van der Waals surface area contributed by atoms with Gasteiger partial charge in [-0.2, -0.15) is 0 Å². The summed E-state index contributed by atoms with van der Waals surface area (Å²) >= 11 is 0. The van der Waals surface area contributed by atoms with Crippen molar-refractivity contribution in [2.75, 3.05) is 6.61 Å². The van der Waals surface area contributed by atoms with E-state index in [9.17, 15) is 24.0 Å². The topological polar surface area (TPSA) is 123 Å². The number of carbonyl (C=O) groups is 5. The number of nitrogens with one attached hydrogen (secondary N) is 1. The van der Waals surface area contributed by atoms with Gasteiger partial charge in [-0.1, -0.05) is 30.3 Å². The van der Waals surface area contributed by atoms with Crippen molar-refractivity contribution in [3.05, 3.63) is 94.9 Å². The lowest BCUT2D eigenvalue weighted by Gasteiger charge is -2.13. The summed E-state index contributed by atoms with van der Waals surface area (Å²) in [5, 5.41) is 2.02. The Morgan fingerprint density at radius 2 is 1.66 bits per heavy atom. The van der Waals surface area contributed by atoms with Gasteiger partial charge in [0.1, 0.15) is 0 Å². The number of esters is 1. The first-order valence-corrected chi connectivity index (χ1v) is 9.53. The molecule has 9 heteroatoms. The molecule has 0 radical (unpaired) electrons. The number of ether oxygens (including phenoxy) is 1. The van der Waals surface area contributed by atoms with E-state index in [-0.39, 0.29) is 29.0 Å². The molecule has 4 amide bonds. The average Bonchev–Trinajstić information content (AvgIpc) is 3.42. The summed E-state index contributed by atoms with van der Waals surface area (Å²) in [6, 6.07) is 15.9. The normalized spacial score (nSPS) is 12.4. The Bertz CT molecular complexity index is 1220. The molecule has 0 atom stereocenters. The molecule has 0 saturated carbocycles. The van der Waals surface area contributed by atoms with E-state index in [0.29, 0.717) is 0 Å². The fourth-order valence-corrected chi connectivity index (χ4v) is 3.17. The highest BCUT2D eigenvalue weighted by Crippen LogP contribution is 2.26. The second-order valence-electron chi connectivity index (χ2n) is 6.87. The number of fused-ring (bicyclic) bond motifs is 1. The minimum Gasteiger partial charge on any atom is -0.459 e. The van der Waals surface area contributed by atoms with Gasteiger partial charge < -0.3 is 9.15 Å². The van der Waals surface area contributed by atoms with Crippen LogP contribution in [0.2, 0.25) is 0 Å². The smallest absolute Gasteiger partial charge is 0.338 e. The maximum absolute atomic E-state index is 12.7. The molecule has 1 N–H and O–H groups in total. The van der Waals surface area contributed by atoms with Gasteiger partial charge in [-0.25, -0.2) is 4.79 Å². The molecular formula is C23H16N2O7. The first-order chi connectivity index (χ1) is 15.4. The molecule has 0 fully saturated rings. The largest absolute Gasteiger partial charge is 0.459 e. The van der Waals surface area contributed by atoms with Gasteiger partial charge in [0.15, 0.2) is 12.4 Å². The molecule has 1 aliphatic rings. The number of nitrogens with zero attached hydrogens (tertiary/aromatic N) is 1. The standard InChI is InChI=1S/C23H16N2O7/c26-19(24-20(27)18-7-4-10-31-18)13-32-23(30)15-8-9-16-17(11-15)22(29)25(21(16)28)12-14-5-2-1-3-6-14/h1-11H,12-13H2,(H,24,26,27). The van der Waals surface area contributed by atoms with Crippen molar-refractivity contribution in [3.63, 3.8) is 0 Å². The van der Waals surface area contributed by atoms with Gasteiger partial charge in [0, 0.05) is 0 Å². The Hall–Kier alpha value is -4.53. The Labute approximate surface area is 181 Å². The van der Waals surface area contributed by atoms with Crippen LogP contribution >= 0.6 is 0 Å². The van der Waals surface area contributed by atoms with E-state index in [1.807, 2.05) is 11.4 Å². The van der Waals surface area contributed by atoms with Gasteiger partial charge in [-0.3, -0.25) is 29.4 Å². The predicted octanol–water partition coefficient (Wildman–Crippen LogP) is 2.19. The first-order valence-electron chi connectivity index (χ1n) is 9.53. The molecule has 32 heavy (non-hydrogen) atoms. The summed E-state index contributed by atoms with van der Waals surface area (Å²) in [6.45, 7) is -0.605. The van der Waals surface area contributed by atoms with E-state index in [1.165, 1.54) is 36.6 Å². The summed E-state index contributed by atoms with van der Waals surface area (Å²) in [4.78, 5) is 62.3. The zero-order valence-electron chi connectivity index (χ0n) is 16.6. The zero-order chi connectivity index (χ0) is 22.7. The van der Waals surface area contributed by atoms with Crippen LogP contribution < -0.4 is 5.32 Å². The van der Waals surface area contributed by atoms with Crippen LogP contribution in [-0.4, -0.2) is 41.1 Å². The molecule has 1 aliphatic heterocycles. The van der Waals surface area contributed by atoms with Crippen LogP contribution in [0.1, 0.15) is 47.2 Å². The SMILES string of the molecule is O=C(COC(=O)c1ccc2c(c1)C(=O)N(Cc1ccccc1)C2=O)NC(=O)c1ccco1. The number of benzene rings is 2. The third kappa shape index (κ3) is 4.17. The molecule has 0 saturated heterocycles. The molecule has 0 bridgehead atoms.